The smallest absolute Gasteiger partial charge is 0.240 e. The van der Waals surface area contributed by atoms with Crippen LogP contribution in [0, 0.1) is 0 Å². The van der Waals surface area contributed by atoms with Gasteiger partial charge in [0, 0.05) is 19.0 Å². The lowest BCUT2D eigenvalue weighted by Gasteiger charge is -2.12. The summed E-state index contributed by atoms with van der Waals surface area (Å²) >= 11 is 0. The number of aryl methyl sites for hydroxylation is 1. The molecule has 0 aliphatic heterocycles. The van der Waals surface area contributed by atoms with Crippen molar-refractivity contribution in [2.24, 2.45) is 0 Å². The van der Waals surface area contributed by atoms with Gasteiger partial charge in [0.2, 0.25) is 15.9 Å². The van der Waals surface area contributed by atoms with E-state index in [1.54, 1.807) is 30.3 Å². The molecule has 0 spiro atoms. The maximum Gasteiger partial charge on any atom is 0.240 e. The molecule has 0 unspecified atom stereocenters. The molecule has 1 aliphatic carbocycles. The van der Waals surface area contributed by atoms with E-state index in [1.165, 1.54) is 0 Å². The van der Waals surface area contributed by atoms with Crippen molar-refractivity contribution < 1.29 is 13.2 Å². The third kappa shape index (κ3) is 5.48. The van der Waals surface area contributed by atoms with E-state index in [1.807, 2.05) is 0 Å². The van der Waals surface area contributed by atoms with Gasteiger partial charge in [-0.25, -0.2) is 13.1 Å². The Kier molecular flexibility index (Phi) is 6.36. The summed E-state index contributed by atoms with van der Waals surface area (Å²) in [5, 5.41) is 2.72. The Morgan fingerprint density at radius 2 is 1.87 bits per heavy atom. The van der Waals surface area contributed by atoms with Gasteiger partial charge in [0.1, 0.15) is 0 Å². The van der Waals surface area contributed by atoms with Crippen LogP contribution in [0.2, 0.25) is 0 Å². The molecule has 1 aromatic rings. The number of benzene rings is 1. The minimum atomic E-state index is -3.44. The van der Waals surface area contributed by atoms with Crippen molar-refractivity contribution in [2.45, 2.75) is 49.5 Å². The first-order valence-corrected chi connectivity index (χ1v) is 9.48. The molecule has 1 fully saturated rings. The van der Waals surface area contributed by atoms with E-state index < -0.39 is 10.0 Å². The number of amides is 1. The Morgan fingerprint density at radius 3 is 2.48 bits per heavy atom. The Balaban J connectivity index is 1.90. The summed E-state index contributed by atoms with van der Waals surface area (Å²) in [6, 6.07) is 6.81. The second-order valence-corrected chi connectivity index (χ2v) is 7.55. The molecular weight excluding hydrogens is 312 g/mol. The lowest BCUT2D eigenvalue weighted by Crippen LogP contribution is -2.32. The molecule has 2 N–H and O–H groups in total. The van der Waals surface area contributed by atoms with Gasteiger partial charge >= 0.3 is 0 Å². The largest absolute Gasteiger partial charge is 0.353 e. The molecule has 0 saturated heterocycles. The second kappa shape index (κ2) is 8.26. The highest BCUT2D eigenvalue weighted by Crippen LogP contribution is 2.20. The molecule has 0 atom stereocenters. The maximum absolute atomic E-state index is 12.3. The van der Waals surface area contributed by atoms with E-state index in [2.05, 4.69) is 16.6 Å². The Bertz CT molecular complexity index is 632. The van der Waals surface area contributed by atoms with Crippen LogP contribution in [0.5, 0.6) is 0 Å². The van der Waals surface area contributed by atoms with Crippen molar-refractivity contribution in [1.29, 1.82) is 0 Å². The maximum atomic E-state index is 12.3. The first-order valence-electron chi connectivity index (χ1n) is 8.00. The van der Waals surface area contributed by atoms with Crippen LogP contribution >= 0.6 is 0 Å². The highest BCUT2D eigenvalue weighted by molar-refractivity contribution is 7.89. The summed E-state index contributed by atoms with van der Waals surface area (Å²) in [6.45, 7) is 4.00. The third-order valence-electron chi connectivity index (χ3n) is 3.99. The minimum absolute atomic E-state index is 0.0375. The number of carbonyl (C=O) groups is 1. The molecule has 0 radical (unpaired) electrons. The standard InChI is InChI=1S/C17H24N2O3S/c1-2-13-18-17(20)12-9-14-7-10-16(11-8-14)23(21,22)19-15-5-3-4-6-15/h2,7-8,10-11,15,19H,1,3-6,9,12-13H2,(H,18,20). The van der Waals surface area contributed by atoms with Gasteiger partial charge in [-0.1, -0.05) is 31.1 Å². The first kappa shape index (κ1) is 17.7. The van der Waals surface area contributed by atoms with Crippen LogP contribution in [0.15, 0.2) is 41.8 Å². The number of sulfonamides is 1. The van der Waals surface area contributed by atoms with Gasteiger partial charge in [-0.05, 0) is 37.0 Å². The van der Waals surface area contributed by atoms with Crippen molar-refractivity contribution in [3.63, 3.8) is 0 Å². The van der Waals surface area contributed by atoms with Crippen molar-refractivity contribution in [3.05, 3.63) is 42.5 Å². The summed E-state index contributed by atoms with van der Waals surface area (Å²) in [5.74, 6) is -0.0375. The van der Waals surface area contributed by atoms with Gasteiger partial charge in [0.15, 0.2) is 0 Å². The van der Waals surface area contributed by atoms with Crippen LogP contribution in [0.4, 0.5) is 0 Å². The fourth-order valence-electron chi connectivity index (χ4n) is 2.70. The van der Waals surface area contributed by atoms with Gasteiger partial charge < -0.3 is 5.32 Å². The molecular formula is C17H24N2O3S. The Morgan fingerprint density at radius 1 is 1.22 bits per heavy atom. The molecule has 0 bridgehead atoms. The highest BCUT2D eigenvalue weighted by Gasteiger charge is 2.22. The molecule has 0 aromatic heterocycles. The molecule has 126 valence electrons. The van der Waals surface area contributed by atoms with Gasteiger partial charge in [-0.3, -0.25) is 4.79 Å². The summed E-state index contributed by atoms with van der Waals surface area (Å²) in [4.78, 5) is 11.8. The average molecular weight is 336 g/mol. The van der Waals surface area contributed by atoms with E-state index in [0.29, 0.717) is 19.4 Å². The van der Waals surface area contributed by atoms with Gasteiger partial charge in [-0.15, -0.1) is 6.58 Å². The molecule has 23 heavy (non-hydrogen) atoms. The molecule has 1 aliphatic rings. The summed E-state index contributed by atoms with van der Waals surface area (Å²) in [7, 11) is -3.44. The molecule has 6 heteroatoms. The zero-order valence-electron chi connectivity index (χ0n) is 13.3. The topological polar surface area (TPSA) is 75.3 Å². The molecule has 2 rings (SSSR count). The lowest BCUT2D eigenvalue weighted by molar-refractivity contribution is -0.120. The summed E-state index contributed by atoms with van der Waals surface area (Å²) in [6.07, 6.45) is 6.59. The average Bonchev–Trinajstić information content (AvgIpc) is 3.03. The summed E-state index contributed by atoms with van der Waals surface area (Å²) < 4.78 is 27.4. The molecule has 0 heterocycles. The lowest BCUT2D eigenvalue weighted by atomic mass is 10.1. The first-order chi connectivity index (χ1) is 11.0. The van der Waals surface area contributed by atoms with Crippen molar-refractivity contribution in [3.8, 4) is 0 Å². The molecule has 5 nitrogen and oxygen atoms in total. The predicted molar refractivity (Wildman–Crippen MR) is 90.5 cm³/mol. The second-order valence-electron chi connectivity index (χ2n) is 5.84. The van der Waals surface area contributed by atoms with Gasteiger partial charge in [0.25, 0.3) is 0 Å². The van der Waals surface area contributed by atoms with E-state index in [-0.39, 0.29) is 16.8 Å². The zero-order chi connectivity index (χ0) is 16.7. The van der Waals surface area contributed by atoms with Crippen LogP contribution in [0.1, 0.15) is 37.7 Å². The SMILES string of the molecule is C=CCNC(=O)CCc1ccc(S(=O)(=O)NC2CCCC2)cc1. The van der Waals surface area contributed by atoms with Crippen molar-refractivity contribution >= 4 is 15.9 Å². The molecule has 1 aromatic carbocycles. The Hall–Kier alpha value is -1.66. The van der Waals surface area contributed by atoms with E-state index in [9.17, 15) is 13.2 Å². The number of rotatable bonds is 8. The minimum Gasteiger partial charge on any atom is -0.353 e. The number of carbonyl (C=O) groups excluding carboxylic acids is 1. The van der Waals surface area contributed by atoms with Gasteiger partial charge in [0.05, 0.1) is 4.90 Å². The van der Waals surface area contributed by atoms with Crippen LogP contribution < -0.4 is 10.0 Å². The van der Waals surface area contributed by atoms with Gasteiger partial charge in [-0.2, -0.15) is 0 Å². The number of hydrogen-bond acceptors (Lipinski definition) is 3. The fraction of sp³-hybridized carbons (Fsp3) is 0.471. The van der Waals surface area contributed by atoms with E-state index in [4.69, 9.17) is 0 Å². The van der Waals surface area contributed by atoms with Crippen LogP contribution in [0.25, 0.3) is 0 Å². The Labute approximate surface area is 138 Å². The van der Waals surface area contributed by atoms with Crippen LogP contribution in [-0.2, 0) is 21.2 Å². The highest BCUT2D eigenvalue weighted by atomic mass is 32.2. The zero-order valence-corrected chi connectivity index (χ0v) is 14.1. The van der Waals surface area contributed by atoms with Crippen molar-refractivity contribution in [2.75, 3.05) is 6.54 Å². The number of hydrogen-bond donors (Lipinski definition) is 2. The number of nitrogens with one attached hydrogen (secondary N) is 2. The molecule has 1 amide bonds. The van der Waals surface area contributed by atoms with E-state index in [0.717, 1.165) is 31.2 Å². The van der Waals surface area contributed by atoms with E-state index >= 15 is 0 Å². The quantitative estimate of drug-likeness (QED) is 0.714. The van der Waals surface area contributed by atoms with Crippen molar-refractivity contribution in [1.82, 2.24) is 10.0 Å². The fourth-order valence-corrected chi connectivity index (χ4v) is 4.00. The molecule has 1 saturated carbocycles. The van der Waals surface area contributed by atoms with Crippen LogP contribution in [0.3, 0.4) is 0 Å². The van der Waals surface area contributed by atoms with Crippen LogP contribution in [-0.4, -0.2) is 26.9 Å². The monoisotopic (exact) mass is 336 g/mol. The summed E-state index contributed by atoms with van der Waals surface area (Å²) in [5.41, 5.74) is 0.943. The predicted octanol–water partition coefficient (Wildman–Crippen LogP) is 2.14. The third-order valence-corrected chi connectivity index (χ3v) is 5.53. The normalized spacial score (nSPS) is 15.5.